The minimum Gasteiger partial charge on any atom is -0.459 e. The lowest BCUT2D eigenvalue weighted by Crippen LogP contribution is -2.44. The van der Waals surface area contributed by atoms with Crippen LogP contribution in [0.2, 0.25) is 0 Å². The smallest absolute Gasteiger partial charge is 0.401 e. The van der Waals surface area contributed by atoms with Crippen LogP contribution in [0.1, 0.15) is 0 Å². The molecule has 0 saturated heterocycles. The maximum atomic E-state index is 12.9. The van der Waals surface area contributed by atoms with Crippen LogP contribution in [0.3, 0.4) is 0 Å². The summed E-state index contributed by atoms with van der Waals surface area (Å²) in [5, 5.41) is 1.43. The SMILES string of the molecule is COCCOC(=O)C(F)(F)CNCC(F)(F)F. The van der Waals surface area contributed by atoms with E-state index in [1.54, 1.807) is 0 Å². The summed E-state index contributed by atoms with van der Waals surface area (Å²) in [5.74, 6) is -5.89. The highest BCUT2D eigenvalue weighted by Gasteiger charge is 2.41. The Labute approximate surface area is 94.1 Å². The van der Waals surface area contributed by atoms with Crippen LogP contribution in [0.5, 0.6) is 0 Å². The third-order valence-electron chi connectivity index (χ3n) is 1.49. The van der Waals surface area contributed by atoms with Gasteiger partial charge in [0, 0.05) is 7.11 Å². The predicted molar refractivity (Wildman–Crippen MR) is 46.7 cm³/mol. The number of alkyl halides is 5. The molecule has 102 valence electrons. The zero-order chi connectivity index (χ0) is 13.5. The molecule has 4 nitrogen and oxygen atoms in total. The van der Waals surface area contributed by atoms with Crippen molar-refractivity contribution in [1.29, 1.82) is 0 Å². The predicted octanol–water partition coefficient (Wildman–Crippen LogP) is 0.963. The van der Waals surface area contributed by atoms with E-state index in [0.29, 0.717) is 0 Å². The number of esters is 1. The quantitative estimate of drug-likeness (QED) is 0.423. The van der Waals surface area contributed by atoms with Gasteiger partial charge in [-0.05, 0) is 0 Å². The number of methoxy groups -OCH3 is 1. The average Bonchev–Trinajstić information content (AvgIpc) is 2.15. The summed E-state index contributed by atoms with van der Waals surface area (Å²) >= 11 is 0. The molecule has 0 radical (unpaired) electrons. The van der Waals surface area contributed by atoms with Gasteiger partial charge in [-0.25, -0.2) is 4.79 Å². The van der Waals surface area contributed by atoms with Crippen LogP contribution in [0.25, 0.3) is 0 Å². The topological polar surface area (TPSA) is 47.6 Å². The van der Waals surface area contributed by atoms with Crippen LogP contribution in [-0.2, 0) is 14.3 Å². The number of rotatable bonds is 7. The summed E-state index contributed by atoms with van der Waals surface area (Å²) < 4.78 is 69.2. The van der Waals surface area contributed by atoms with E-state index in [9.17, 15) is 26.7 Å². The van der Waals surface area contributed by atoms with Gasteiger partial charge in [-0.1, -0.05) is 0 Å². The molecule has 0 fully saturated rings. The van der Waals surface area contributed by atoms with Gasteiger partial charge in [-0.2, -0.15) is 22.0 Å². The number of ether oxygens (including phenoxy) is 2. The zero-order valence-electron chi connectivity index (χ0n) is 8.94. The van der Waals surface area contributed by atoms with Crippen molar-refractivity contribution in [1.82, 2.24) is 5.32 Å². The van der Waals surface area contributed by atoms with E-state index in [-0.39, 0.29) is 13.2 Å². The van der Waals surface area contributed by atoms with Gasteiger partial charge >= 0.3 is 18.1 Å². The van der Waals surface area contributed by atoms with E-state index < -0.39 is 31.2 Å². The van der Waals surface area contributed by atoms with Crippen molar-refractivity contribution in [3.8, 4) is 0 Å². The fourth-order valence-corrected chi connectivity index (χ4v) is 0.757. The Morgan fingerprint density at radius 3 is 2.18 bits per heavy atom. The second-order valence-electron chi connectivity index (χ2n) is 3.05. The van der Waals surface area contributed by atoms with Crippen molar-refractivity contribution < 1.29 is 36.2 Å². The summed E-state index contributed by atoms with van der Waals surface area (Å²) in [6.07, 6.45) is -4.62. The number of carbonyl (C=O) groups is 1. The standard InChI is InChI=1S/C8H12F5NO3/c1-16-2-3-17-6(15)7(9,10)4-14-5-8(11,12)13/h14H,2-5H2,1H3. The van der Waals surface area contributed by atoms with Gasteiger partial charge in [0.05, 0.1) is 19.7 Å². The summed E-state index contributed by atoms with van der Waals surface area (Å²) in [6.45, 7) is -3.49. The lowest BCUT2D eigenvalue weighted by Gasteiger charge is -2.16. The van der Waals surface area contributed by atoms with Crippen LogP contribution in [0.4, 0.5) is 22.0 Å². The molecule has 0 rings (SSSR count). The number of nitrogens with one attached hydrogen (secondary N) is 1. The first-order valence-corrected chi connectivity index (χ1v) is 4.50. The molecule has 0 atom stereocenters. The van der Waals surface area contributed by atoms with E-state index in [2.05, 4.69) is 9.47 Å². The minimum atomic E-state index is -4.62. The third-order valence-corrected chi connectivity index (χ3v) is 1.49. The summed E-state index contributed by atoms with van der Waals surface area (Å²) in [5.41, 5.74) is 0. The van der Waals surface area contributed by atoms with Gasteiger partial charge in [0.2, 0.25) is 0 Å². The molecule has 0 aliphatic rings. The van der Waals surface area contributed by atoms with E-state index in [1.807, 2.05) is 0 Å². The van der Waals surface area contributed by atoms with E-state index in [1.165, 1.54) is 12.4 Å². The van der Waals surface area contributed by atoms with E-state index in [4.69, 9.17) is 0 Å². The van der Waals surface area contributed by atoms with Gasteiger partial charge in [0.15, 0.2) is 0 Å². The Morgan fingerprint density at radius 1 is 1.12 bits per heavy atom. The molecule has 1 N–H and O–H groups in total. The van der Waals surface area contributed by atoms with Gasteiger partial charge in [0.1, 0.15) is 6.61 Å². The molecule has 17 heavy (non-hydrogen) atoms. The van der Waals surface area contributed by atoms with Crippen LogP contribution in [-0.4, -0.2) is 51.5 Å². The normalized spacial score (nSPS) is 12.6. The Bertz CT molecular complexity index is 244. The highest BCUT2D eigenvalue weighted by molar-refractivity contribution is 5.77. The second kappa shape index (κ2) is 6.70. The molecule has 0 aliphatic carbocycles. The maximum absolute atomic E-state index is 12.9. The maximum Gasteiger partial charge on any atom is 0.401 e. The fraction of sp³-hybridized carbons (Fsp3) is 0.875. The van der Waals surface area contributed by atoms with Crippen LogP contribution >= 0.6 is 0 Å². The monoisotopic (exact) mass is 265 g/mol. The summed E-state index contributed by atoms with van der Waals surface area (Å²) in [6, 6.07) is 0. The van der Waals surface area contributed by atoms with Crippen molar-refractivity contribution in [2.75, 3.05) is 33.4 Å². The largest absolute Gasteiger partial charge is 0.459 e. The average molecular weight is 265 g/mol. The molecule has 0 aromatic rings. The summed E-state index contributed by atoms with van der Waals surface area (Å²) in [7, 11) is 1.27. The Morgan fingerprint density at radius 2 is 1.71 bits per heavy atom. The zero-order valence-corrected chi connectivity index (χ0v) is 8.94. The lowest BCUT2D eigenvalue weighted by molar-refractivity contribution is -0.174. The molecule has 0 saturated carbocycles. The molecule has 0 aromatic heterocycles. The minimum absolute atomic E-state index is 0.0716. The van der Waals surface area contributed by atoms with Gasteiger partial charge in [-0.3, -0.25) is 0 Å². The van der Waals surface area contributed by atoms with E-state index >= 15 is 0 Å². The Kier molecular flexibility index (Phi) is 6.32. The molecular weight excluding hydrogens is 253 g/mol. The summed E-state index contributed by atoms with van der Waals surface area (Å²) in [4.78, 5) is 10.7. The number of hydrogen-bond acceptors (Lipinski definition) is 4. The lowest BCUT2D eigenvalue weighted by atomic mass is 10.3. The van der Waals surface area contributed by atoms with Gasteiger partial charge in [0.25, 0.3) is 0 Å². The molecular formula is C8H12F5NO3. The van der Waals surface area contributed by atoms with Crippen LogP contribution in [0, 0.1) is 0 Å². The first kappa shape index (κ1) is 16.0. The van der Waals surface area contributed by atoms with Crippen molar-refractivity contribution >= 4 is 5.97 Å². The highest BCUT2D eigenvalue weighted by Crippen LogP contribution is 2.16. The highest BCUT2D eigenvalue weighted by atomic mass is 19.4. The third kappa shape index (κ3) is 7.86. The number of hydrogen-bond donors (Lipinski definition) is 1. The Balaban J connectivity index is 3.96. The molecule has 0 aliphatic heterocycles. The molecule has 0 bridgehead atoms. The number of halogens is 5. The molecule has 0 aromatic carbocycles. The first-order valence-electron chi connectivity index (χ1n) is 4.50. The molecule has 0 unspecified atom stereocenters. The van der Waals surface area contributed by atoms with Crippen molar-refractivity contribution in [3.63, 3.8) is 0 Å². The van der Waals surface area contributed by atoms with Crippen LogP contribution in [0.15, 0.2) is 0 Å². The van der Waals surface area contributed by atoms with Gasteiger partial charge in [-0.15, -0.1) is 0 Å². The molecule has 0 heterocycles. The number of carbonyl (C=O) groups excluding carboxylic acids is 1. The molecule has 0 spiro atoms. The first-order chi connectivity index (χ1) is 7.69. The molecule has 9 heteroatoms. The fourth-order valence-electron chi connectivity index (χ4n) is 0.757. The molecule has 0 amide bonds. The van der Waals surface area contributed by atoms with Crippen molar-refractivity contribution in [2.45, 2.75) is 12.1 Å². The van der Waals surface area contributed by atoms with Crippen molar-refractivity contribution in [2.24, 2.45) is 0 Å². The van der Waals surface area contributed by atoms with Crippen LogP contribution < -0.4 is 5.32 Å². The van der Waals surface area contributed by atoms with Crippen molar-refractivity contribution in [3.05, 3.63) is 0 Å². The van der Waals surface area contributed by atoms with Gasteiger partial charge < -0.3 is 14.8 Å². The van der Waals surface area contributed by atoms with E-state index in [0.717, 1.165) is 0 Å². The second-order valence-corrected chi connectivity index (χ2v) is 3.05. The Hall–Kier alpha value is -0.960.